The van der Waals surface area contributed by atoms with Crippen LogP contribution in [0.5, 0.6) is 5.75 Å². The number of urea groups is 1. The average Bonchev–Trinajstić information content (AvgIpc) is 2.50. The Kier molecular flexibility index (Phi) is 6.55. The second-order valence-corrected chi connectivity index (χ2v) is 4.16. The average molecular weight is 308 g/mol. The molecule has 0 heterocycles. The van der Waals surface area contributed by atoms with Crippen molar-refractivity contribution < 1.29 is 28.7 Å². The van der Waals surface area contributed by atoms with E-state index in [9.17, 15) is 19.2 Å². The van der Waals surface area contributed by atoms with Gasteiger partial charge in [0, 0.05) is 12.0 Å². The highest BCUT2D eigenvalue weighted by molar-refractivity contribution is 5.96. The maximum absolute atomic E-state index is 11.4. The number of primary amides is 1. The summed E-state index contributed by atoms with van der Waals surface area (Å²) < 4.78 is 9.71. The normalized spacial score (nSPS) is 9.68. The molecule has 0 aliphatic carbocycles. The van der Waals surface area contributed by atoms with Gasteiger partial charge in [-0.05, 0) is 24.3 Å². The molecule has 8 heteroatoms. The molecular weight excluding hydrogens is 292 g/mol. The highest BCUT2D eigenvalue weighted by atomic mass is 16.6. The van der Waals surface area contributed by atoms with Crippen LogP contribution in [0.1, 0.15) is 23.7 Å². The summed E-state index contributed by atoms with van der Waals surface area (Å²) >= 11 is 0. The largest absolute Gasteiger partial charge is 0.482 e. The van der Waals surface area contributed by atoms with Crippen molar-refractivity contribution in [2.45, 2.75) is 13.3 Å². The van der Waals surface area contributed by atoms with Crippen molar-refractivity contribution in [1.29, 1.82) is 0 Å². The monoisotopic (exact) mass is 308 g/mol. The molecule has 1 aromatic rings. The molecule has 118 valence electrons. The van der Waals surface area contributed by atoms with Crippen LogP contribution >= 0.6 is 0 Å². The summed E-state index contributed by atoms with van der Waals surface area (Å²) in [5.74, 6) is -1.23. The number of esters is 1. The summed E-state index contributed by atoms with van der Waals surface area (Å²) in [5.41, 5.74) is 5.27. The van der Waals surface area contributed by atoms with E-state index in [1.807, 2.05) is 0 Å². The minimum atomic E-state index is -1.03. The number of nitrogens with one attached hydrogen (secondary N) is 1. The van der Waals surface area contributed by atoms with Gasteiger partial charge in [0.05, 0.1) is 0 Å². The van der Waals surface area contributed by atoms with Gasteiger partial charge in [-0.25, -0.2) is 9.59 Å². The molecule has 0 saturated carbocycles. The van der Waals surface area contributed by atoms with Crippen molar-refractivity contribution in [3.63, 3.8) is 0 Å². The van der Waals surface area contributed by atoms with Gasteiger partial charge < -0.3 is 15.2 Å². The van der Waals surface area contributed by atoms with Crippen molar-refractivity contribution >= 4 is 23.7 Å². The summed E-state index contributed by atoms with van der Waals surface area (Å²) in [6, 6.07) is 5.25. The van der Waals surface area contributed by atoms with Crippen molar-refractivity contribution in [3.05, 3.63) is 29.8 Å². The smallest absolute Gasteiger partial charge is 0.344 e. The van der Waals surface area contributed by atoms with Gasteiger partial charge in [-0.3, -0.25) is 14.9 Å². The molecule has 0 atom stereocenters. The van der Waals surface area contributed by atoms with E-state index < -0.39 is 31.1 Å². The Balaban J connectivity index is 2.36. The first-order chi connectivity index (χ1) is 10.4. The molecule has 22 heavy (non-hydrogen) atoms. The first kappa shape index (κ1) is 17.2. The number of imide groups is 1. The van der Waals surface area contributed by atoms with Crippen LogP contribution in [-0.2, 0) is 14.3 Å². The maximum Gasteiger partial charge on any atom is 0.344 e. The lowest BCUT2D eigenvalue weighted by atomic mass is 10.1. The van der Waals surface area contributed by atoms with E-state index in [-0.39, 0.29) is 5.78 Å². The number of rotatable bonds is 7. The lowest BCUT2D eigenvalue weighted by Crippen LogP contribution is -2.38. The zero-order chi connectivity index (χ0) is 16.5. The molecule has 0 saturated heterocycles. The fourth-order valence-electron chi connectivity index (χ4n) is 1.44. The predicted molar refractivity (Wildman–Crippen MR) is 75.2 cm³/mol. The minimum Gasteiger partial charge on any atom is -0.482 e. The van der Waals surface area contributed by atoms with Gasteiger partial charge in [-0.15, -0.1) is 0 Å². The van der Waals surface area contributed by atoms with E-state index in [0.717, 1.165) is 0 Å². The third-order valence-electron chi connectivity index (χ3n) is 2.48. The van der Waals surface area contributed by atoms with E-state index in [1.54, 1.807) is 36.5 Å². The summed E-state index contributed by atoms with van der Waals surface area (Å²) in [4.78, 5) is 44.1. The molecule has 8 nitrogen and oxygen atoms in total. The van der Waals surface area contributed by atoms with E-state index in [1.165, 1.54) is 0 Å². The Hall–Kier alpha value is -2.90. The van der Waals surface area contributed by atoms with Crippen molar-refractivity contribution in [2.24, 2.45) is 5.73 Å². The standard InChI is InChI=1S/C14H16N2O6/c1-2-11(17)9-3-5-10(6-4-9)21-8-13(19)22-7-12(18)16-14(15)20/h3-6H,2,7-8H2,1H3,(H3,15,16,18,20). The van der Waals surface area contributed by atoms with E-state index in [2.05, 4.69) is 4.74 Å². The lowest BCUT2D eigenvalue weighted by Gasteiger charge is -2.07. The fraction of sp³-hybridized carbons (Fsp3) is 0.286. The number of amides is 3. The van der Waals surface area contributed by atoms with Crippen LogP contribution in [0.4, 0.5) is 4.79 Å². The van der Waals surface area contributed by atoms with Crippen LogP contribution in [0.15, 0.2) is 24.3 Å². The Morgan fingerprint density at radius 2 is 1.73 bits per heavy atom. The molecule has 0 aliphatic rings. The summed E-state index contributed by atoms with van der Waals surface area (Å²) in [6.45, 7) is 0.719. The number of ether oxygens (including phenoxy) is 2. The number of carbonyl (C=O) groups is 4. The maximum atomic E-state index is 11.4. The topological polar surface area (TPSA) is 125 Å². The van der Waals surface area contributed by atoms with Crippen molar-refractivity contribution in [1.82, 2.24) is 5.32 Å². The van der Waals surface area contributed by atoms with Gasteiger partial charge in [0.2, 0.25) is 0 Å². The molecule has 0 unspecified atom stereocenters. The molecule has 0 radical (unpaired) electrons. The Bertz CT molecular complexity index is 567. The SMILES string of the molecule is CCC(=O)c1ccc(OCC(=O)OCC(=O)NC(N)=O)cc1. The molecule has 1 aromatic carbocycles. The molecule has 0 spiro atoms. The summed E-state index contributed by atoms with van der Waals surface area (Å²) in [7, 11) is 0. The number of benzene rings is 1. The highest BCUT2D eigenvalue weighted by Crippen LogP contribution is 2.13. The van der Waals surface area contributed by atoms with Crippen LogP contribution in [-0.4, -0.2) is 36.9 Å². The van der Waals surface area contributed by atoms with Gasteiger partial charge in [-0.2, -0.15) is 0 Å². The Labute approximate surface area is 126 Å². The molecule has 0 aromatic heterocycles. The number of ketones is 1. The Morgan fingerprint density at radius 3 is 2.27 bits per heavy atom. The third-order valence-corrected chi connectivity index (χ3v) is 2.48. The Morgan fingerprint density at radius 1 is 1.09 bits per heavy atom. The van der Waals surface area contributed by atoms with Gasteiger partial charge in [0.15, 0.2) is 19.0 Å². The molecule has 0 fully saturated rings. The molecule has 3 N–H and O–H groups in total. The zero-order valence-electron chi connectivity index (χ0n) is 12.0. The number of Topliss-reactive ketones (excluding diaryl/α,β-unsaturated/α-hetero) is 1. The fourth-order valence-corrected chi connectivity index (χ4v) is 1.44. The van der Waals surface area contributed by atoms with Crippen molar-refractivity contribution in [3.8, 4) is 5.75 Å². The number of hydrogen-bond acceptors (Lipinski definition) is 6. The van der Waals surface area contributed by atoms with Crippen LogP contribution in [0, 0.1) is 0 Å². The molecule has 3 amide bonds. The van der Waals surface area contributed by atoms with Crippen LogP contribution in [0.2, 0.25) is 0 Å². The first-order valence-corrected chi connectivity index (χ1v) is 6.43. The zero-order valence-corrected chi connectivity index (χ0v) is 12.0. The summed E-state index contributed by atoms with van der Waals surface area (Å²) in [5, 5.41) is 1.74. The number of carbonyl (C=O) groups excluding carboxylic acids is 4. The van der Waals surface area contributed by atoms with Gasteiger partial charge >= 0.3 is 12.0 Å². The quantitative estimate of drug-likeness (QED) is 0.554. The van der Waals surface area contributed by atoms with E-state index in [4.69, 9.17) is 10.5 Å². The second kappa shape index (κ2) is 8.40. The van der Waals surface area contributed by atoms with Crippen LogP contribution < -0.4 is 15.8 Å². The lowest BCUT2D eigenvalue weighted by molar-refractivity contribution is -0.150. The van der Waals surface area contributed by atoms with E-state index >= 15 is 0 Å². The first-order valence-electron chi connectivity index (χ1n) is 6.43. The molecular formula is C14H16N2O6. The minimum absolute atomic E-state index is 0.00595. The van der Waals surface area contributed by atoms with Gasteiger partial charge in [-0.1, -0.05) is 6.92 Å². The summed E-state index contributed by atoms with van der Waals surface area (Å²) in [6.07, 6.45) is 0.403. The second-order valence-electron chi connectivity index (χ2n) is 4.16. The third kappa shape index (κ3) is 6.04. The predicted octanol–water partition coefficient (Wildman–Crippen LogP) is 0.396. The number of hydrogen-bond donors (Lipinski definition) is 2. The molecule has 0 aliphatic heterocycles. The van der Waals surface area contributed by atoms with Gasteiger partial charge in [0.1, 0.15) is 5.75 Å². The van der Waals surface area contributed by atoms with Gasteiger partial charge in [0.25, 0.3) is 5.91 Å². The van der Waals surface area contributed by atoms with Crippen molar-refractivity contribution in [2.75, 3.05) is 13.2 Å². The highest BCUT2D eigenvalue weighted by Gasteiger charge is 2.10. The van der Waals surface area contributed by atoms with Crippen LogP contribution in [0.25, 0.3) is 0 Å². The number of nitrogens with two attached hydrogens (primary N) is 1. The van der Waals surface area contributed by atoms with E-state index in [0.29, 0.717) is 17.7 Å². The van der Waals surface area contributed by atoms with Crippen LogP contribution in [0.3, 0.4) is 0 Å². The molecule has 1 rings (SSSR count). The molecule has 0 bridgehead atoms.